The van der Waals surface area contributed by atoms with Gasteiger partial charge in [-0.15, -0.1) is 4.83 Å². The minimum atomic E-state index is -3.82. The van der Waals surface area contributed by atoms with Gasteiger partial charge in [0, 0.05) is 10.0 Å². The standard InChI is InChI=1S/C16H16BrN3O4S2/c1-2-24-13-7-3-11(4-8-13)15(21)18-16(25)19-20-26(22,23)14-9-5-12(17)6-10-14/h3-10,20H,2H2,1H3,(H2,18,19,21,25). The molecule has 0 bridgehead atoms. The van der Waals surface area contributed by atoms with Crippen molar-refractivity contribution >= 4 is 49.2 Å². The number of hydrazine groups is 1. The molecule has 26 heavy (non-hydrogen) atoms. The maximum absolute atomic E-state index is 12.1. The molecule has 0 aliphatic rings. The average molecular weight is 458 g/mol. The monoisotopic (exact) mass is 457 g/mol. The Balaban J connectivity index is 1.91. The van der Waals surface area contributed by atoms with Crippen molar-refractivity contribution in [2.45, 2.75) is 11.8 Å². The van der Waals surface area contributed by atoms with Crippen molar-refractivity contribution < 1.29 is 17.9 Å². The molecule has 0 heterocycles. The molecule has 0 saturated heterocycles. The molecular formula is C16H16BrN3O4S2. The fourth-order valence-corrected chi connectivity index (χ4v) is 3.18. The van der Waals surface area contributed by atoms with E-state index in [9.17, 15) is 13.2 Å². The maximum atomic E-state index is 12.1. The number of ether oxygens (including phenoxy) is 1. The third-order valence-electron chi connectivity index (χ3n) is 3.08. The summed E-state index contributed by atoms with van der Waals surface area (Å²) in [5.74, 6) is 0.167. The van der Waals surface area contributed by atoms with E-state index in [2.05, 4.69) is 31.5 Å². The van der Waals surface area contributed by atoms with E-state index in [1.54, 1.807) is 36.4 Å². The molecule has 2 aromatic rings. The van der Waals surface area contributed by atoms with Crippen LogP contribution in [0, 0.1) is 0 Å². The molecule has 0 atom stereocenters. The molecule has 2 rings (SSSR count). The highest BCUT2D eigenvalue weighted by Crippen LogP contribution is 2.14. The van der Waals surface area contributed by atoms with Gasteiger partial charge in [0.1, 0.15) is 5.75 Å². The van der Waals surface area contributed by atoms with Gasteiger partial charge in [0.25, 0.3) is 15.9 Å². The van der Waals surface area contributed by atoms with Crippen LogP contribution in [-0.4, -0.2) is 26.0 Å². The van der Waals surface area contributed by atoms with E-state index in [-0.39, 0.29) is 10.0 Å². The first kappa shape index (κ1) is 20.3. The number of hydrogen-bond donors (Lipinski definition) is 3. The summed E-state index contributed by atoms with van der Waals surface area (Å²) in [5.41, 5.74) is 2.65. The highest BCUT2D eigenvalue weighted by atomic mass is 79.9. The van der Waals surface area contributed by atoms with Crippen LogP contribution >= 0.6 is 28.1 Å². The second-order valence-corrected chi connectivity index (χ2v) is 7.93. The van der Waals surface area contributed by atoms with Crippen LogP contribution in [-0.2, 0) is 10.0 Å². The Morgan fingerprint density at radius 1 is 1.12 bits per heavy atom. The minimum Gasteiger partial charge on any atom is -0.494 e. The first-order valence-corrected chi connectivity index (χ1v) is 10.1. The molecule has 1 amide bonds. The molecule has 7 nitrogen and oxygen atoms in total. The van der Waals surface area contributed by atoms with Gasteiger partial charge < -0.3 is 4.74 Å². The van der Waals surface area contributed by atoms with Crippen LogP contribution in [0.1, 0.15) is 17.3 Å². The van der Waals surface area contributed by atoms with Crippen molar-refractivity contribution in [3.63, 3.8) is 0 Å². The van der Waals surface area contributed by atoms with Gasteiger partial charge in [-0.3, -0.25) is 15.5 Å². The number of thiocarbonyl (C=S) groups is 1. The van der Waals surface area contributed by atoms with Crippen molar-refractivity contribution in [3.05, 3.63) is 58.6 Å². The van der Waals surface area contributed by atoms with E-state index >= 15 is 0 Å². The van der Waals surface area contributed by atoms with E-state index in [0.29, 0.717) is 17.9 Å². The summed E-state index contributed by atoms with van der Waals surface area (Å²) in [6.45, 7) is 2.39. The molecule has 0 aliphatic heterocycles. The normalized spacial score (nSPS) is 10.8. The van der Waals surface area contributed by atoms with Crippen molar-refractivity contribution in [2.24, 2.45) is 0 Å². The summed E-state index contributed by atoms with van der Waals surface area (Å²) in [4.78, 5) is 14.3. The Labute approximate surface area is 165 Å². The number of nitrogens with one attached hydrogen (secondary N) is 3. The van der Waals surface area contributed by atoms with E-state index < -0.39 is 15.9 Å². The number of hydrogen-bond acceptors (Lipinski definition) is 5. The Morgan fingerprint density at radius 2 is 1.73 bits per heavy atom. The summed E-state index contributed by atoms with van der Waals surface area (Å²) in [6.07, 6.45) is 0. The molecule has 0 aliphatic carbocycles. The maximum Gasteiger partial charge on any atom is 0.257 e. The van der Waals surface area contributed by atoms with Crippen LogP contribution in [0.4, 0.5) is 0 Å². The smallest absolute Gasteiger partial charge is 0.257 e. The zero-order valence-corrected chi connectivity index (χ0v) is 16.9. The number of rotatable bonds is 6. The summed E-state index contributed by atoms with van der Waals surface area (Å²) in [6, 6.07) is 12.5. The van der Waals surface area contributed by atoms with Gasteiger partial charge in [-0.05, 0) is 67.7 Å². The number of halogens is 1. The van der Waals surface area contributed by atoms with E-state index in [4.69, 9.17) is 17.0 Å². The van der Waals surface area contributed by atoms with Crippen molar-refractivity contribution in [1.29, 1.82) is 0 Å². The topological polar surface area (TPSA) is 96.5 Å². The lowest BCUT2D eigenvalue weighted by Gasteiger charge is -2.11. The highest BCUT2D eigenvalue weighted by Gasteiger charge is 2.15. The van der Waals surface area contributed by atoms with Crippen molar-refractivity contribution in [3.8, 4) is 5.75 Å². The quantitative estimate of drug-likeness (QED) is 0.455. The minimum absolute atomic E-state index is 0.0499. The van der Waals surface area contributed by atoms with Gasteiger partial charge in [0.2, 0.25) is 0 Å². The van der Waals surface area contributed by atoms with Crippen molar-refractivity contribution in [2.75, 3.05) is 6.61 Å². The van der Waals surface area contributed by atoms with Gasteiger partial charge in [0.05, 0.1) is 11.5 Å². The van der Waals surface area contributed by atoms with Crippen LogP contribution in [0.2, 0.25) is 0 Å². The van der Waals surface area contributed by atoms with Crippen molar-refractivity contribution in [1.82, 2.24) is 15.6 Å². The SMILES string of the molecule is CCOc1ccc(C(=O)NC(=S)NNS(=O)(=O)c2ccc(Br)cc2)cc1. The van der Waals surface area contributed by atoms with Crippen LogP contribution in [0.15, 0.2) is 57.9 Å². The lowest BCUT2D eigenvalue weighted by molar-refractivity contribution is 0.0976. The molecule has 0 radical (unpaired) electrons. The Bertz CT molecular complexity index is 885. The summed E-state index contributed by atoms with van der Waals surface area (Å²) in [5, 5.41) is 2.21. The molecule has 3 N–H and O–H groups in total. The molecule has 138 valence electrons. The second kappa shape index (κ2) is 9.08. The molecular weight excluding hydrogens is 442 g/mol. The van der Waals surface area contributed by atoms with Gasteiger partial charge in [0.15, 0.2) is 5.11 Å². The van der Waals surface area contributed by atoms with E-state index in [1.165, 1.54) is 12.1 Å². The number of carbonyl (C=O) groups excluding carboxylic acids is 1. The zero-order chi connectivity index (χ0) is 19.2. The number of benzene rings is 2. The molecule has 0 spiro atoms. The Hall–Kier alpha value is -2.01. The molecule has 0 unspecified atom stereocenters. The molecule has 10 heteroatoms. The van der Waals surface area contributed by atoms with Gasteiger partial charge >= 0.3 is 0 Å². The highest BCUT2D eigenvalue weighted by molar-refractivity contribution is 9.10. The second-order valence-electron chi connectivity index (χ2n) is 4.93. The van der Waals surface area contributed by atoms with Gasteiger partial charge in [-0.1, -0.05) is 15.9 Å². The average Bonchev–Trinajstić information content (AvgIpc) is 2.61. The number of amides is 1. The predicted molar refractivity (Wildman–Crippen MR) is 105 cm³/mol. The third-order valence-corrected chi connectivity index (χ3v) is 5.07. The summed E-state index contributed by atoms with van der Waals surface area (Å²) < 4.78 is 30.3. The Morgan fingerprint density at radius 3 is 2.31 bits per heavy atom. The number of sulfonamides is 1. The summed E-state index contributed by atoms with van der Waals surface area (Å²) >= 11 is 8.16. The predicted octanol–water partition coefficient (Wildman–Crippen LogP) is 2.35. The third kappa shape index (κ3) is 5.77. The molecule has 2 aromatic carbocycles. The van der Waals surface area contributed by atoms with Gasteiger partial charge in [-0.2, -0.15) is 0 Å². The van der Waals surface area contributed by atoms with E-state index in [0.717, 1.165) is 4.47 Å². The molecule has 0 saturated carbocycles. The molecule has 0 aromatic heterocycles. The largest absolute Gasteiger partial charge is 0.494 e. The van der Waals surface area contributed by atoms with E-state index in [1.807, 2.05) is 6.92 Å². The van der Waals surface area contributed by atoms with Crippen LogP contribution in [0.3, 0.4) is 0 Å². The number of carbonyl (C=O) groups is 1. The van der Waals surface area contributed by atoms with Crippen LogP contribution in [0.25, 0.3) is 0 Å². The first-order valence-electron chi connectivity index (χ1n) is 7.43. The zero-order valence-electron chi connectivity index (χ0n) is 13.7. The fraction of sp³-hybridized carbons (Fsp3) is 0.125. The molecule has 0 fully saturated rings. The Kier molecular flexibility index (Phi) is 7.09. The van der Waals surface area contributed by atoms with Crippen LogP contribution < -0.4 is 20.3 Å². The fourth-order valence-electron chi connectivity index (χ4n) is 1.86. The van der Waals surface area contributed by atoms with Gasteiger partial charge in [-0.25, -0.2) is 8.42 Å². The van der Waals surface area contributed by atoms with Crippen LogP contribution in [0.5, 0.6) is 5.75 Å². The lowest BCUT2D eigenvalue weighted by Crippen LogP contribution is -2.48. The first-order chi connectivity index (χ1) is 12.3. The summed E-state index contributed by atoms with van der Waals surface area (Å²) in [7, 11) is -3.82. The lowest BCUT2D eigenvalue weighted by atomic mass is 10.2.